The highest BCUT2D eigenvalue weighted by molar-refractivity contribution is 7.88. The first kappa shape index (κ1) is 19.0. The number of hydrogen-bond donors (Lipinski definition) is 1. The number of para-hydroxylation sites is 1. The molecule has 0 atom stereocenters. The molecule has 0 saturated carbocycles. The fourth-order valence-corrected chi connectivity index (χ4v) is 3.34. The molecule has 0 aliphatic carbocycles. The highest BCUT2D eigenvalue weighted by Crippen LogP contribution is 2.19. The molecule has 0 radical (unpaired) electrons. The second-order valence-corrected chi connectivity index (χ2v) is 8.15. The van der Waals surface area contributed by atoms with Crippen molar-refractivity contribution in [2.75, 3.05) is 38.0 Å². The summed E-state index contributed by atoms with van der Waals surface area (Å²) in [7, 11) is 3.56. The Labute approximate surface area is 157 Å². The van der Waals surface area contributed by atoms with E-state index in [1.54, 1.807) is 62.3 Å². The number of rotatable bonds is 7. The Balaban J connectivity index is 1.77. The lowest BCUT2D eigenvalue weighted by Crippen LogP contribution is -2.27. The van der Waals surface area contributed by atoms with Gasteiger partial charge in [0.15, 0.2) is 11.4 Å². The van der Waals surface area contributed by atoms with Gasteiger partial charge in [0.25, 0.3) is 0 Å². The summed E-state index contributed by atoms with van der Waals surface area (Å²) in [5, 5.41) is 4.54. The average molecular weight is 391 g/mol. The molecule has 11 heteroatoms. The minimum atomic E-state index is -3.66. The smallest absolute Gasteiger partial charge is 0.229 e. The number of nitrogens with one attached hydrogen (secondary N) is 1. The van der Waals surface area contributed by atoms with Gasteiger partial charge in [0.2, 0.25) is 21.9 Å². The van der Waals surface area contributed by atoms with E-state index in [4.69, 9.17) is 4.52 Å². The highest BCUT2D eigenvalue weighted by atomic mass is 32.2. The van der Waals surface area contributed by atoms with E-state index < -0.39 is 10.0 Å². The molecule has 27 heavy (non-hydrogen) atoms. The maximum Gasteiger partial charge on any atom is 0.229 e. The Morgan fingerprint density at radius 3 is 2.26 bits per heavy atom. The molecule has 10 nitrogen and oxygen atoms in total. The maximum absolute atomic E-state index is 12.5. The lowest BCUT2D eigenvalue weighted by Gasteiger charge is -2.16. The minimum Gasteiger partial charge on any atom is -0.356 e. The van der Waals surface area contributed by atoms with Crippen LogP contribution in [0.4, 0.5) is 11.9 Å². The van der Waals surface area contributed by atoms with Gasteiger partial charge in [-0.15, -0.1) is 0 Å². The molecule has 0 spiro atoms. The van der Waals surface area contributed by atoms with Crippen molar-refractivity contribution >= 4 is 32.9 Å². The van der Waals surface area contributed by atoms with E-state index in [9.17, 15) is 8.42 Å². The van der Waals surface area contributed by atoms with Crippen LogP contribution in [0, 0.1) is 0 Å². The summed E-state index contributed by atoms with van der Waals surface area (Å²) in [6.45, 7) is -0.0533. The second-order valence-electron chi connectivity index (χ2n) is 6.35. The van der Waals surface area contributed by atoms with Crippen molar-refractivity contribution in [3.05, 3.63) is 35.8 Å². The van der Waals surface area contributed by atoms with Crippen molar-refractivity contribution in [1.82, 2.24) is 24.8 Å². The molecular formula is C16H21N7O3S. The Kier molecular flexibility index (Phi) is 5.24. The number of nitrogens with zero attached hydrogens (tertiary/aromatic N) is 6. The van der Waals surface area contributed by atoms with Crippen LogP contribution < -0.4 is 14.5 Å². The highest BCUT2D eigenvalue weighted by Gasteiger charge is 2.18. The molecule has 0 amide bonds. The zero-order valence-electron chi connectivity index (χ0n) is 15.5. The zero-order valence-corrected chi connectivity index (χ0v) is 16.4. The van der Waals surface area contributed by atoms with Gasteiger partial charge in [-0.25, -0.2) is 13.1 Å². The molecule has 0 fully saturated rings. The Morgan fingerprint density at radius 1 is 1.00 bits per heavy atom. The topological polar surface area (TPSA) is 117 Å². The molecular weight excluding hydrogens is 370 g/mol. The molecule has 0 aliphatic rings. The van der Waals surface area contributed by atoms with Gasteiger partial charge in [0.05, 0.1) is 6.54 Å². The van der Waals surface area contributed by atoms with Crippen molar-refractivity contribution in [3.8, 4) is 0 Å². The number of fused-ring (bicyclic) bond motifs is 1. The number of hydrogen-bond acceptors (Lipinski definition) is 9. The second kappa shape index (κ2) is 7.45. The van der Waals surface area contributed by atoms with Crippen molar-refractivity contribution in [3.63, 3.8) is 0 Å². The van der Waals surface area contributed by atoms with Crippen LogP contribution in [0.2, 0.25) is 0 Å². The number of benzene rings is 1. The van der Waals surface area contributed by atoms with Crippen LogP contribution in [-0.2, 0) is 22.3 Å². The van der Waals surface area contributed by atoms with Gasteiger partial charge in [0.1, 0.15) is 11.4 Å². The van der Waals surface area contributed by atoms with E-state index >= 15 is 0 Å². The summed E-state index contributed by atoms with van der Waals surface area (Å²) in [6.07, 6.45) is 0. The Bertz CT molecular complexity index is 1020. The van der Waals surface area contributed by atoms with Gasteiger partial charge in [-0.05, 0) is 12.1 Å². The number of sulfonamides is 1. The lowest BCUT2D eigenvalue weighted by atomic mass is 10.2. The zero-order chi connectivity index (χ0) is 19.6. The molecule has 0 aliphatic heterocycles. The largest absolute Gasteiger partial charge is 0.356 e. The summed E-state index contributed by atoms with van der Waals surface area (Å²) in [5.41, 5.74) is 0.906. The van der Waals surface area contributed by atoms with Crippen LogP contribution in [0.3, 0.4) is 0 Å². The maximum atomic E-state index is 12.5. The molecule has 1 N–H and O–H groups in total. The summed E-state index contributed by atoms with van der Waals surface area (Å²) in [4.78, 5) is 16.3. The van der Waals surface area contributed by atoms with E-state index in [2.05, 4.69) is 24.8 Å². The predicted octanol–water partition coefficient (Wildman–Crippen LogP) is 0.764. The first-order chi connectivity index (χ1) is 12.7. The third-order valence-corrected chi connectivity index (χ3v) is 4.92. The lowest BCUT2D eigenvalue weighted by molar-refractivity contribution is 0.448. The van der Waals surface area contributed by atoms with Gasteiger partial charge in [-0.1, -0.05) is 17.3 Å². The first-order valence-electron chi connectivity index (χ1n) is 8.15. The SMILES string of the molecule is CN(C)c1nc(CNS(=O)(=O)Cc2noc3ccccc23)nc(N(C)C)n1. The number of anilines is 2. The van der Waals surface area contributed by atoms with Crippen molar-refractivity contribution < 1.29 is 12.9 Å². The van der Waals surface area contributed by atoms with E-state index in [0.29, 0.717) is 34.4 Å². The normalized spacial score (nSPS) is 11.7. The quantitative estimate of drug-likeness (QED) is 0.623. The van der Waals surface area contributed by atoms with Crippen LogP contribution in [0.15, 0.2) is 28.8 Å². The molecule has 0 saturated heterocycles. The van der Waals surface area contributed by atoms with Crippen LogP contribution in [0.5, 0.6) is 0 Å². The summed E-state index contributed by atoms with van der Waals surface area (Å²) >= 11 is 0. The van der Waals surface area contributed by atoms with Gasteiger partial charge >= 0.3 is 0 Å². The fourth-order valence-electron chi connectivity index (χ4n) is 2.32. The van der Waals surface area contributed by atoms with Gasteiger partial charge < -0.3 is 14.3 Å². The van der Waals surface area contributed by atoms with E-state index in [1.165, 1.54) is 0 Å². The molecule has 144 valence electrons. The van der Waals surface area contributed by atoms with E-state index in [1.807, 2.05) is 0 Å². The van der Waals surface area contributed by atoms with Crippen LogP contribution in [0.1, 0.15) is 11.5 Å². The van der Waals surface area contributed by atoms with Crippen LogP contribution in [0.25, 0.3) is 11.0 Å². The van der Waals surface area contributed by atoms with Gasteiger partial charge in [0, 0.05) is 33.6 Å². The number of aromatic nitrogens is 4. The van der Waals surface area contributed by atoms with Crippen LogP contribution >= 0.6 is 0 Å². The molecule has 2 heterocycles. The van der Waals surface area contributed by atoms with Crippen molar-refractivity contribution in [2.24, 2.45) is 0 Å². The Hall–Kier alpha value is -2.79. The molecule has 0 unspecified atom stereocenters. The Morgan fingerprint density at radius 2 is 1.63 bits per heavy atom. The monoisotopic (exact) mass is 391 g/mol. The fraction of sp³-hybridized carbons (Fsp3) is 0.375. The van der Waals surface area contributed by atoms with Crippen molar-refractivity contribution in [2.45, 2.75) is 12.3 Å². The molecule has 1 aromatic carbocycles. The van der Waals surface area contributed by atoms with Gasteiger partial charge in [-0.3, -0.25) is 0 Å². The summed E-state index contributed by atoms with van der Waals surface area (Å²) in [6, 6.07) is 7.12. The average Bonchev–Trinajstić information content (AvgIpc) is 3.02. The van der Waals surface area contributed by atoms with Crippen molar-refractivity contribution in [1.29, 1.82) is 0 Å². The molecule has 2 aromatic heterocycles. The van der Waals surface area contributed by atoms with Crippen LogP contribution in [-0.4, -0.2) is 56.7 Å². The van der Waals surface area contributed by atoms with Gasteiger partial charge in [-0.2, -0.15) is 15.0 Å². The minimum absolute atomic E-state index is 0.0533. The third kappa shape index (κ3) is 4.49. The summed E-state index contributed by atoms with van der Waals surface area (Å²) in [5.74, 6) is 0.928. The van der Waals surface area contributed by atoms with E-state index in [-0.39, 0.29) is 12.3 Å². The molecule has 3 rings (SSSR count). The molecule has 3 aromatic rings. The first-order valence-corrected chi connectivity index (χ1v) is 9.80. The summed E-state index contributed by atoms with van der Waals surface area (Å²) < 4.78 is 32.6. The predicted molar refractivity (Wildman–Crippen MR) is 102 cm³/mol. The third-order valence-electron chi connectivity index (χ3n) is 3.69. The van der Waals surface area contributed by atoms with E-state index in [0.717, 1.165) is 0 Å². The molecule has 0 bridgehead atoms. The standard InChI is InChI=1S/C16H21N7O3S/c1-22(2)15-18-14(19-16(20-15)23(3)4)9-17-27(24,25)10-12-11-7-5-6-8-13(11)26-21-12/h5-8,17H,9-10H2,1-4H3.